The topological polar surface area (TPSA) is 21.7 Å². The van der Waals surface area contributed by atoms with Crippen LogP contribution in [0, 0.1) is 5.92 Å². The van der Waals surface area contributed by atoms with Crippen LogP contribution in [0.4, 0.5) is 5.69 Å². The van der Waals surface area contributed by atoms with Gasteiger partial charge in [0, 0.05) is 23.6 Å². The molecule has 25 heavy (non-hydrogen) atoms. The molecule has 0 unspecified atom stereocenters. The summed E-state index contributed by atoms with van der Waals surface area (Å²) in [5.74, 6) is 2.29. The molecule has 2 aliphatic heterocycles. The number of fused-ring (bicyclic) bond motifs is 4. The van der Waals surface area contributed by atoms with Crippen molar-refractivity contribution in [2.75, 3.05) is 25.2 Å². The molecule has 0 saturated carbocycles. The molecule has 0 saturated heterocycles. The van der Waals surface area contributed by atoms with Gasteiger partial charge in [-0.1, -0.05) is 45.0 Å². The Morgan fingerprint density at radius 1 is 1.16 bits per heavy atom. The molecule has 132 valence electrons. The summed E-state index contributed by atoms with van der Waals surface area (Å²) in [6.45, 7) is 8.74. The number of benzene rings is 2. The van der Waals surface area contributed by atoms with E-state index in [-0.39, 0.29) is 11.5 Å². The standard InChI is InChI=1S/C22H27NO2/c1-5-13-23-17-10-7-6-9-15(17)22(2,3)16-14-25-19-12-8-11-18(24-4)20(19)21(16)23/h6-12,16,21H,5,13-14H2,1-4H3/t16-,21-/m0/s1. The second kappa shape index (κ2) is 5.98. The van der Waals surface area contributed by atoms with Crippen molar-refractivity contribution in [1.82, 2.24) is 0 Å². The molecule has 2 aliphatic rings. The quantitative estimate of drug-likeness (QED) is 0.791. The van der Waals surface area contributed by atoms with Gasteiger partial charge >= 0.3 is 0 Å². The van der Waals surface area contributed by atoms with E-state index in [1.165, 1.54) is 16.8 Å². The molecular formula is C22H27NO2. The Morgan fingerprint density at radius 2 is 1.96 bits per heavy atom. The highest BCUT2D eigenvalue weighted by Crippen LogP contribution is 2.56. The summed E-state index contributed by atoms with van der Waals surface area (Å²) in [4.78, 5) is 2.58. The molecule has 0 amide bonds. The van der Waals surface area contributed by atoms with E-state index < -0.39 is 0 Å². The highest BCUT2D eigenvalue weighted by atomic mass is 16.5. The second-order valence-corrected chi connectivity index (χ2v) is 7.67. The lowest BCUT2D eigenvalue weighted by Crippen LogP contribution is -2.51. The van der Waals surface area contributed by atoms with Crippen molar-refractivity contribution in [2.24, 2.45) is 5.92 Å². The summed E-state index contributed by atoms with van der Waals surface area (Å²) in [7, 11) is 1.76. The Bertz CT molecular complexity index is 769. The number of ether oxygens (including phenoxy) is 2. The Kier molecular flexibility index (Phi) is 3.90. The van der Waals surface area contributed by atoms with Crippen LogP contribution in [0.1, 0.15) is 44.4 Å². The third-order valence-corrected chi connectivity index (χ3v) is 5.98. The first-order valence-electron chi connectivity index (χ1n) is 9.25. The average Bonchev–Trinajstić information content (AvgIpc) is 2.64. The molecule has 0 aromatic heterocycles. The third-order valence-electron chi connectivity index (χ3n) is 5.98. The van der Waals surface area contributed by atoms with Crippen LogP contribution in [0.25, 0.3) is 0 Å². The van der Waals surface area contributed by atoms with Crippen LogP contribution in [-0.4, -0.2) is 20.3 Å². The molecule has 0 N–H and O–H groups in total. The van der Waals surface area contributed by atoms with Gasteiger partial charge in [-0.3, -0.25) is 0 Å². The molecule has 0 bridgehead atoms. The van der Waals surface area contributed by atoms with E-state index in [4.69, 9.17) is 9.47 Å². The summed E-state index contributed by atoms with van der Waals surface area (Å²) in [6.07, 6.45) is 1.11. The van der Waals surface area contributed by atoms with Gasteiger partial charge in [-0.25, -0.2) is 0 Å². The predicted octanol–water partition coefficient (Wildman–Crippen LogP) is 4.95. The first-order chi connectivity index (χ1) is 12.1. The smallest absolute Gasteiger partial charge is 0.128 e. The minimum Gasteiger partial charge on any atom is -0.496 e. The van der Waals surface area contributed by atoms with Crippen LogP contribution >= 0.6 is 0 Å². The largest absolute Gasteiger partial charge is 0.496 e. The first-order valence-corrected chi connectivity index (χ1v) is 9.25. The zero-order valence-electron chi connectivity index (χ0n) is 15.6. The van der Waals surface area contributed by atoms with E-state index in [1.54, 1.807) is 7.11 Å². The normalized spacial score (nSPS) is 23.1. The highest BCUT2D eigenvalue weighted by Gasteiger charge is 2.50. The van der Waals surface area contributed by atoms with Crippen molar-refractivity contribution in [3.63, 3.8) is 0 Å². The molecule has 3 nitrogen and oxygen atoms in total. The maximum atomic E-state index is 6.21. The molecule has 0 radical (unpaired) electrons. The molecule has 3 heteroatoms. The molecule has 0 aliphatic carbocycles. The second-order valence-electron chi connectivity index (χ2n) is 7.67. The Hall–Kier alpha value is -2.16. The van der Waals surface area contributed by atoms with Crippen molar-refractivity contribution < 1.29 is 9.47 Å². The van der Waals surface area contributed by atoms with Gasteiger partial charge in [0.1, 0.15) is 11.5 Å². The lowest BCUT2D eigenvalue weighted by molar-refractivity contribution is 0.119. The van der Waals surface area contributed by atoms with Crippen LogP contribution in [0.2, 0.25) is 0 Å². The zero-order chi connectivity index (χ0) is 17.6. The number of nitrogens with zero attached hydrogens (tertiary/aromatic N) is 1. The number of anilines is 1. The molecule has 2 heterocycles. The minimum atomic E-state index is 0.0457. The van der Waals surface area contributed by atoms with E-state index in [1.807, 2.05) is 6.07 Å². The lowest BCUT2D eigenvalue weighted by Gasteiger charge is -2.53. The monoisotopic (exact) mass is 337 g/mol. The SMILES string of the molecule is CCCN1c2ccccc2C(C)(C)[C@H]2COc3cccc(OC)c3[C@H]21. The van der Waals surface area contributed by atoms with Gasteiger partial charge in [0.05, 0.1) is 25.3 Å². The summed E-state index contributed by atoms with van der Waals surface area (Å²) in [6, 6.07) is 15.3. The summed E-state index contributed by atoms with van der Waals surface area (Å²) >= 11 is 0. The van der Waals surface area contributed by atoms with Crippen LogP contribution < -0.4 is 14.4 Å². The minimum absolute atomic E-state index is 0.0457. The van der Waals surface area contributed by atoms with Gasteiger partial charge in [-0.2, -0.15) is 0 Å². The van der Waals surface area contributed by atoms with E-state index >= 15 is 0 Å². The summed E-state index contributed by atoms with van der Waals surface area (Å²) in [5, 5.41) is 0. The summed E-state index contributed by atoms with van der Waals surface area (Å²) < 4.78 is 11.9. The molecule has 2 atom stereocenters. The fourth-order valence-electron chi connectivity index (χ4n) is 4.69. The summed E-state index contributed by atoms with van der Waals surface area (Å²) in [5.41, 5.74) is 4.03. The third kappa shape index (κ3) is 2.32. The highest BCUT2D eigenvalue weighted by molar-refractivity contribution is 5.64. The lowest BCUT2D eigenvalue weighted by atomic mass is 9.64. The van der Waals surface area contributed by atoms with Crippen LogP contribution in [0.5, 0.6) is 11.5 Å². The van der Waals surface area contributed by atoms with Crippen LogP contribution in [0.3, 0.4) is 0 Å². The van der Waals surface area contributed by atoms with Crippen molar-refractivity contribution in [3.8, 4) is 11.5 Å². The molecule has 0 fully saturated rings. The number of para-hydroxylation sites is 1. The van der Waals surface area contributed by atoms with Gasteiger partial charge in [-0.05, 0) is 30.2 Å². The van der Waals surface area contributed by atoms with Gasteiger partial charge in [-0.15, -0.1) is 0 Å². The van der Waals surface area contributed by atoms with Crippen molar-refractivity contribution >= 4 is 5.69 Å². The Morgan fingerprint density at radius 3 is 2.72 bits per heavy atom. The van der Waals surface area contributed by atoms with Gasteiger partial charge in [0.15, 0.2) is 0 Å². The van der Waals surface area contributed by atoms with Gasteiger partial charge in [0.2, 0.25) is 0 Å². The van der Waals surface area contributed by atoms with E-state index in [0.29, 0.717) is 5.92 Å². The van der Waals surface area contributed by atoms with Crippen LogP contribution in [0.15, 0.2) is 42.5 Å². The van der Waals surface area contributed by atoms with Gasteiger partial charge in [0.25, 0.3) is 0 Å². The zero-order valence-corrected chi connectivity index (χ0v) is 15.6. The maximum absolute atomic E-state index is 6.21. The van der Waals surface area contributed by atoms with E-state index in [9.17, 15) is 0 Å². The average molecular weight is 337 g/mol. The fraction of sp³-hybridized carbons (Fsp3) is 0.455. The number of rotatable bonds is 3. The molecule has 2 aromatic rings. The van der Waals surface area contributed by atoms with Crippen molar-refractivity contribution in [3.05, 3.63) is 53.6 Å². The molecular weight excluding hydrogens is 310 g/mol. The van der Waals surface area contributed by atoms with Crippen molar-refractivity contribution in [1.29, 1.82) is 0 Å². The van der Waals surface area contributed by atoms with E-state index in [0.717, 1.165) is 31.1 Å². The van der Waals surface area contributed by atoms with Crippen LogP contribution in [-0.2, 0) is 5.41 Å². The maximum Gasteiger partial charge on any atom is 0.128 e. The molecule has 2 aromatic carbocycles. The number of hydrogen-bond donors (Lipinski definition) is 0. The Labute approximate surface area is 150 Å². The number of hydrogen-bond acceptors (Lipinski definition) is 3. The van der Waals surface area contributed by atoms with Gasteiger partial charge < -0.3 is 14.4 Å². The Balaban J connectivity index is 1.96. The predicted molar refractivity (Wildman–Crippen MR) is 102 cm³/mol. The first kappa shape index (κ1) is 16.3. The fourth-order valence-corrected chi connectivity index (χ4v) is 4.69. The molecule has 4 rings (SSSR count). The van der Waals surface area contributed by atoms with E-state index in [2.05, 4.69) is 62.1 Å². The number of methoxy groups -OCH3 is 1. The molecule has 0 spiro atoms. The van der Waals surface area contributed by atoms with Crippen molar-refractivity contribution in [2.45, 2.75) is 38.6 Å².